The van der Waals surface area contributed by atoms with E-state index in [9.17, 15) is 9.59 Å². The normalized spacial score (nSPS) is 35.7. The maximum absolute atomic E-state index is 12.5. The first-order chi connectivity index (χ1) is 9.18. The average Bonchev–Trinajstić information content (AvgIpc) is 2.92. The summed E-state index contributed by atoms with van der Waals surface area (Å²) >= 11 is 0. The third-order valence-electron chi connectivity index (χ3n) is 4.64. The SMILES string of the molecule is CC1C(=O)N2CCCC2C(=O)N1CC1CCCOC1. The van der Waals surface area contributed by atoms with Gasteiger partial charge in [-0.05, 0) is 38.5 Å². The fourth-order valence-corrected chi connectivity index (χ4v) is 3.52. The van der Waals surface area contributed by atoms with Crippen LogP contribution >= 0.6 is 0 Å². The molecular weight excluding hydrogens is 244 g/mol. The molecule has 3 aliphatic heterocycles. The van der Waals surface area contributed by atoms with Gasteiger partial charge in [-0.25, -0.2) is 0 Å². The van der Waals surface area contributed by atoms with Gasteiger partial charge < -0.3 is 14.5 Å². The zero-order valence-corrected chi connectivity index (χ0v) is 11.5. The van der Waals surface area contributed by atoms with Crippen LogP contribution in [0.25, 0.3) is 0 Å². The van der Waals surface area contributed by atoms with E-state index in [2.05, 4.69) is 0 Å². The van der Waals surface area contributed by atoms with Crippen LogP contribution in [0.1, 0.15) is 32.6 Å². The predicted octanol–water partition coefficient (Wildman–Crippen LogP) is 0.635. The van der Waals surface area contributed by atoms with Crippen molar-refractivity contribution in [1.29, 1.82) is 0 Å². The van der Waals surface area contributed by atoms with E-state index in [1.165, 1.54) is 0 Å². The first-order valence-electron chi connectivity index (χ1n) is 7.37. The van der Waals surface area contributed by atoms with Crippen molar-refractivity contribution in [3.05, 3.63) is 0 Å². The van der Waals surface area contributed by atoms with Gasteiger partial charge in [0.2, 0.25) is 11.8 Å². The van der Waals surface area contributed by atoms with Crippen molar-refractivity contribution < 1.29 is 14.3 Å². The second kappa shape index (κ2) is 5.12. The highest BCUT2D eigenvalue weighted by atomic mass is 16.5. The van der Waals surface area contributed by atoms with Crippen molar-refractivity contribution in [1.82, 2.24) is 9.80 Å². The van der Waals surface area contributed by atoms with Crippen LogP contribution in [0.2, 0.25) is 0 Å². The molecule has 0 aliphatic carbocycles. The Labute approximate surface area is 113 Å². The molecule has 5 heteroatoms. The maximum Gasteiger partial charge on any atom is 0.246 e. The van der Waals surface area contributed by atoms with Gasteiger partial charge in [-0.3, -0.25) is 9.59 Å². The highest BCUT2D eigenvalue weighted by Crippen LogP contribution is 2.28. The van der Waals surface area contributed by atoms with Crippen molar-refractivity contribution >= 4 is 11.8 Å². The summed E-state index contributed by atoms with van der Waals surface area (Å²) in [5, 5.41) is 0. The topological polar surface area (TPSA) is 49.9 Å². The van der Waals surface area contributed by atoms with E-state index in [4.69, 9.17) is 4.74 Å². The van der Waals surface area contributed by atoms with Gasteiger partial charge in [0.25, 0.3) is 0 Å². The van der Waals surface area contributed by atoms with Crippen LogP contribution in [-0.4, -0.2) is 60.0 Å². The molecule has 0 aromatic heterocycles. The lowest BCUT2D eigenvalue weighted by atomic mass is 9.98. The maximum atomic E-state index is 12.5. The van der Waals surface area contributed by atoms with Crippen LogP contribution < -0.4 is 0 Å². The Hall–Kier alpha value is -1.10. The van der Waals surface area contributed by atoms with E-state index in [1.807, 2.05) is 6.92 Å². The Morgan fingerprint density at radius 2 is 2.05 bits per heavy atom. The molecule has 0 aromatic carbocycles. The smallest absolute Gasteiger partial charge is 0.246 e. The van der Waals surface area contributed by atoms with Crippen molar-refractivity contribution in [3.63, 3.8) is 0 Å². The van der Waals surface area contributed by atoms with Crippen LogP contribution in [0.3, 0.4) is 0 Å². The molecule has 5 nitrogen and oxygen atoms in total. The van der Waals surface area contributed by atoms with Crippen molar-refractivity contribution in [2.75, 3.05) is 26.3 Å². The number of piperazine rings is 1. The number of carbonyl (C=O) groups is 2. The summed E-state index contributed by atoms with van der Waals surface area (Å²) in [7, 11) is 0. The Kier molecular flexibility index (Phi) is 3.48. The Bertz CT molecular complexity index is 379. The first-order valence-corrected chi connectivity index (χ1v) is 7.37. The molecule has 3 rings (SSSR count). The van der Waals surface area contributed by atoms with Gasteiger partial charge in [0.15, 0.2) is 0 Å². The average molecular weight is 266 g/mol. The van der Waals surface area contributed by atoms with E-state index < -0.39 is 0 Å². The second-order valence-corrected chi connectivity index (χ2v) is 5.94. The predicted molar refractivity (Wildman–Crippen MR) is 69.5 cm³/mol. The first kappa shape index (κ1) is 12.9. The molecule has 3 fully saturated rings. The second-order valence-electron chi connectivity index (χ2n) is 5.94. The summed E-state index contributed by atoms with van der Waals surface area (Å²) in [5.74, 6) is 0.662. The molecule has 3 saturated heterocycles. The number of carbonyl (C=O) groups excluding carboxylic acids is 2. The van der Waals surface area contributed by atoms with Crippen LogP contribution in [0.5, 0.6) is 0 Å². The minimum Gasteiger partial charge on any atom is -0.381 e. The van der Waals surface area contributed by atoms with Gasteiger partial charge in [-0.15, -0.1) is 0 Å². The summed E-state index contributed by atoms with van der Waals surface area (Å²) in [6.45, 7) is 4.84. The minimum absolute atomic E-state index is 0.124. The van der Waals surface area contributed by atoms with E-state index in [1.54, 1.807) is 9.80 Å². The van der Waals surface area contributed by atoms with Gasteiger partial charge in [-0.1, -0.05) is 0 Å². The minimum atomic E-state index is -0.302. The lowest BCUT2D eigenvalue weighted by Crippen LogP contribution is -2.62. The lowest BCUT2D eigenvalue weighted by Gasteiger charge is -2.42. The molecule has 3 atom stereocenters. The number of rotatable bonds is 2. The highest BCUT2D eigenvalue weighted by molar-refractivity contribution is 5.97. The van der Waals surface area contributed by atoms with E-state index in [0.29, 0.717) is 12.5 Å². The summed E-state index contributed by atoms with van der Waals surface area (Å²) in [5.41, 5.74) is 0. The number of hydrogen-bond donors (Lipinski definition) is 0. The van der Waals surface area contributed by atoms with Crippen LogP contribution in [0.15, 0.2) is 0 Å². The van der Waals surface area contributed by atoms with Gasteiger partial charge in [0.1, 0.15) is 12.1 Å². The van der Waals surface area contributed by atoms with Crippen molar-refractivity contribution in [2.24, 2.45) is 5.92 Å². The van der Waals surface area contributed by atoms with E-state index in [0.717, 1.165) is 45.4 Å². The Morgan fingerprint density at radius 3 is 2.79 bits per heavy atom. The fourth-order valence-electron chi connectivity index (χ4n) is 3.52. The standard InChI is InChI=1S/C14H22N2O3/c1-10-13(17)15-6-2-5-12(15)14(18)16(10)8-11-4-3-7-19-9-11/h10-12H,2-9H2,1H3. The molecule has 0 bridgehead atoms. The van der Waals surface area contributed by atoms with Gasteiger partial charge >= 0.3 is 0 Å². The lowest BCUT2D eigenvalue weighted by molar-refractivity contribution is -0.159. The number of amides is 2. The van der Waals surface area contributed by atoms with Crippen molar-refractivity contribution in [2.45, 2.75) is 44.7 Å². The largest absolute Gasteiger partial charge is 0.381 e. The molecule has 2 amide bonds. The van der Waals surface area contributed by atoms with E-state index >= 15 is 0 Å². The molecular formula is C14H22N2O3. The number of fused-ring (bicyclic) bond motifs is 1. The molecule has 0 N–H and O–H groups in total. The third kappa shape index (κ3) is 2.24. The number of ether oxygens (including phenoxy) is 1. The van der Waals surface area contributed by atoms with Crippen LogP contribution in [0.4, 0.5) is 0 Å². The molecule has 0 aromatic rings. The third-order valence-corrected chi connectivity index (χ3v) is 4.64. The van der Waals surface area contributed by atoms with E-state index in [-0.39, 0.29) is 23.9 Å². The zero-order valence-electron chi connectivity index (χ0n) is 11.5. The summed E-state index contributed by atoms with van der Waals surface area (Å²) in [6, 6.07) is -0.489. The van der Waals surface area contributed by atoms with Crippen LogP contribution in [0, 0.1) is 5.92 Å². The molecule has 106 valence electrons. The summed E-state index contributed by atoms with van der Waals surface area (Å²) in [4.78, 5) is 28.4. The fraction of sp³-hybridized carbons (Fsp3) is 0.857. The monoisotopic (exact) mass is 266 g/mol. The molecule has 3 aliphatic rings. The molecule has 3 unspecified atom stereocenters. The number of hydrogen-bond acceptors (Lipinski definition) is 3. The van der Waals surface area contributed by atoms with Gasteiger partial charge in [-0.2, -0.15) is 0 Å². The molecule has 3 heterocycles. The number of nitrogens with zero attached hydrogens (tertiary/aromatic N) is 2. The highest BCUT2D eigenvalue weighted by Gasteiger charge is 2.46. The summed E-state index contributed by atoms with van der Waals surface area (Å²) < 4.78 is 5.47. The van der Waals surface area contributed by atoms with Gasteiger partial charge in [0.05, 0.1) is 6.61 Å². The zero-order chi connectivity index (χ0) is 13.4. The van der Waals surface area contributed by atoms with Crippen LogP contribution in [-0.2, 0) is 14.3 Å². The van der Waals surface area contributed by atoms with Crippen molar-refractivity contribution in [3.8, 4) is 0 Å². The van der Waals surface area contributed by atoms with Gasteiger partial charge in [0, 0.05) is 19.7 Å². The molecule has 0 spiro atoms. The Morgan fingerprint density at radius 1 is 1.21 bits per heavy atom. The molecule has 19 heavy (non-hydrogen) atoms. The molecule has 0 radical (unpaired) electrons. The summed E-state index contributed by atoms with van der Waals surface area (Å²) in [6.07, 6.45) is 3.94. The molecule has 0 saturated carbocycles. The quantitative estimate of drug-likeness (QED) is 0.737. The Balaban J connectivity index is 1.72.